The van der Waals surface area contributed by atoms with Crippen LogP contribution in [0.15, 0.2) is 66.7 Å². The molecule has 0 aromatic heterocycles. The van der Waals surface area contributed by atoms with E-state index in [1.54, 1.807) is 0 Å². The second-order valence-corrected chi connectivity index (χ2v) is 8.11. The van der Waals surface area contributed by atoms with E-state index in [4.69, 9.17) is 16.3 Å². The van der Waals surface area contributed by atoms with E-state index >= 15 is 0 Å². The number of hydrogen-bond donors (Lipinski definition) is 3. The van der Waals surface area contributed by atoms with Gasteiger partial charge < -0.3 is 20.5 Å². The van der Waals surface area contributed by atoms with Crippen LogP contribution in [0.2, 0.25) is 5.02 Å². The van der Waals surface area contributed by atoms with Crippen molar-refractivity contribution >= 4 is 35.3 Å². The minimum Gasteiger partial charge on any atom is -0.478 e. The Bertz CT molecular complexity index is 1200. The molecule has 33 heavy (non-hydrogen) atoms. The van der Waals surface area contributed by atoms with Crippen molar-refractivity contribution in [3.8, 4) is 11.1 Å². The van der Waals surface area contributed by atoms with E-state index in [9.17, 15) is 19.5 Å². The highest BCUT2D eigenvalue weighted by Crippen LogP contribution is 2.44. The monoisotopic (exact) mass is 464 g/mol. The molecular weight excluding hydrogens is 444 g/mol. The first-order chi connectivity index (χ1) is 15.8. The number of hydrogen-bond acceptors (Lipinski definition) is 4. The third-order valence-electron chi connectivity index (χ3n) is 5.54. The van der Waals surface area contributed by atoms with E-state index in [0.29, 0.717) is 0 Å². The first kappa shape index (κ1) is 22.4. The fraction of sp³-hybridized carbons (Fsp3) is 0.160. The molecule has 0 bridgehead atoms. The summed E-state index contributed by atoms with van der Waals surface area (Å²) >= 11 is 5.83. The number of nitrogens with one attached hydrogen (secondary N) is 2. The molecule has 8 heteroatoms. The molecule has 4 rings (SSSR count). The lowest BCUT2D eigenvalue weighted by Crippen LogP contribution is -2.42. The van der Waals surface area contributed by atoms with Crippen LogP contribution in [0.3, 0.4) is 0 Å². The van der Waals surface area contributed by atoms with Gasteiger partial charge in [0.15, 0.2) is 0 Å². The molecule has 3 N–H and O–H groups in total. The van der Waals surface area contributed by atoms with Crippen molar-refractivity contribution in [2.24, 2.45) is 0 Å². The van der Waals surface area contributed by atoms with Crippen molar-refractivity contribution in [3.05, 3.63) is 88.4 Å². The number of fused-ring (bicyclic) bond motifs is 3. The van der Waals surface area contributed by atoms with Gasteiger partial charge in [0.2, 0.25) is 5.91 Å². The van der Waals surface area contributed by atoms with Crippen molar-refractivity contribution in [3.63, 3.8) is 0 Å². The number of alkyl carbamates (subject to hydrolysis) is 1. The number of carboxylic acids is 1. The Morgan fingerprint density at radius 2 is 1.61 bits per heavy atom. The average molecular weight is 465 g/mol. The summed E-state index contributed by atoms with van der Waals surface area (Å²) in [7, 11) is 0. The Kier molecular flexibility index (Phi) is 6.33. The molecule has 1 aliphatic carbocycles. The summed E-state index contributed by atoms with van der Waals surface area (Å²) in [4.78, 5) is 36.3. The van der Waals surface area contributed by atoms with Gasteiger partial charge in [-0.05, 0) is 47.4 Å². The lowest BCUT2D eigenvalue weighted by molar-refractivity contribution is -0.117. The van der Waals surface area contributed by atoms with Crippen LogP contribution in [0.5, 0.6) is 0 Å². The van der Waals surface area contributed by atoms with Crippen LogP contribution < -0.4 is 10.6 Å². The molecule has 0 heterocycles. The molecule has 0 saturated heterocycles. The largest absolute Gasteiger partial charge is 0.478 e. The molecule has 0 fully saturated rings. The summed E-state index contributed by atoms with van der Waals surface area (Å²) in [5, 5.41) is 14.5. The van der Waals surface area contributed by atoms with Crippen molar-refractivity contribution in [2.75, 3.05) is 11.9 Å². The fourth-order valence-corrected chi connectivity index (χ4v) is 4.10. The number of anilines is 1. The van der Waals surface area contributed by atoms with Gasteiger partial charge in [0.25, 0.3) is 0 Å². The summed E-state index contributed by atoms with van der Waals surface area (Å²) in [5.74, 6) is -1.92. The van der Waals surface area contributed by atoms with Crippen LogP contribution in [-0.2, 0) is 9.53 Å². The molecular formula is C25H21ClN2O5. The van der Waals surface area contributed by atoms with E-state index in [1.165, 1.54) is 25.1 Å². The number of benzene rings is 3. The zero-order valence-corrected chi connectivity index (χ0v) is 18.4. The highest BCUT2D eigenvalue weighted by molar-refractivity contribution is 6.31. The molecule has 0 saturated carbocycles. The zero-order valence-electron chi connectivity index (χ0n) is 17.7. The van der Waals surface area contributed by atoms with E-state index < -0.39 is 24.0 Å². The van der Waals surface area contributed by atoms with Gasteiger partial charge in [-0.2, -0.15) is 0 Å². The SMILES string of the molecule is C[C@@H](NC(=O)OCC1c2ccccc2-c2ccccc21)C(=O)Nc1ccc(Cl)cc1C(=O)O. The highest BCUT2D eigenvalue weighted by Gasteiger charge is 2.29. The third kappa shape index (κ3) is 4.68. The van der Waals surface area contributed by atoms with Gasteiger partial charge in [0.05, 0.1) is 11.3 Å². The summed E-state index contributed by atoms with van der Waals surface area (Å²) in [5.41, 5.74) is 4.34. The second kappa shape index (κ2) is 9.34. The van der Waals surface area contributed by atoms with Crippen molar-refractivity contribution in [2.45, 2.75) is 18.9 Å². The molecule has 1 aliphatic rings. The van der Waals surface area contributed by atoms with Gasteiger partial charge in [0, 0.05) is 10.9 Å². The Morgan fingerprint density at radius 1 is 1.00 bits per heavy atom. The Hall–Kier alpha value is -3.84. The number of ether oxygens (including phenoxy) is 1. The van der Waals surface area contributed by atoms with Crippen LogP contribution in [0.25, 0.3) is 11.1 Å². The van der Waals surface area contributed by atoms with Crippen LogP contribution in [-0.4, -0.2) is 35.7 Å². The van der Waals surface area contributed by atoms with Gasteiger partial charge in [-0.25, -0.2) is 9.59 Å². The maximum atomic E-state index is 12.5. The lowest BCUT2D eigenvalue weighted by Gasteiger charge is -2.17. The Morgan fingerprint density at radius 3 is 2.21 bits per heavy atom. The zero-order chi connectivity index (χ0) is 23.5. The molecule has 2 amide bonds. The summed E-state index contributed by atoms with van der Waals surface area (Å²) in [6.07, 6.45) is -0.742. The molecule has 0 unspecified atom stereocenters. The van der Waals surface area contributed by atoms with Crippen LogP contribution in [0, 0.1) is 0 Å². The van der Waals surface area contributed by atoms with Crippen LogP contribution in [0.1, 0.15) is 34.3 Å². The van der Waals surface area contributed by atoms with Gasteiger partial charge in [-0.15, -0.1) is 0 Å². The highest BCUT2D eigenvalue weighted by atomic mass is 35.5. The van der Waals surface area contributed by atoms with E-state index in [2.05, 4.69) is 10.6 Å². The molecule has 1 atom stereocenters. The van der Waals surface area contributed by atoms with Crippen molar-refractivity contribution in [1.82, 2.24) is 5.32 Å². The Labute approximate surface area is 195 Å². The summed E-state index contributed by atoms with van der Waals surface area (Å²) in [6.45, 7) is 1.60. The van der Waals surface area contributed by atoms with Gasteiger partial charge in [-0.3, -0.25) is 4.79 Å². The molecule has 0 spiro atoms. The van der Waals surface area contributed by atoms with E-state index in [0.717, 1.165) is 22.3 Å². The minimum absolute atomic E-state index is 0.0816. The standard InChI is InChI=1S/C25H21ClN2O5/c1-14(23(29)28-22-11-10-15(26)12-20(22)24(30)31)27-25(32)33-13-21-18-8-4-2-6-16(18)17-7-3-5-9-19(17)21/h2-12,14,21H,13H2,1H3,(H,27,32)(H,28,29)(H,30,31)/t14-/m1/s1. The fourth-order valence-electron chi connectivity index (χ4n) is 3.93. The third-order valence-corrected chi connectivity index (χ3v) is 5.78. The van der Waals surface area contributed by atoms with E-state index in [1.807, 2.05) is 48.5 Å². The quantitative estimate of drug-likeness (QED) is 0.481. The summed E-state index contributed by atoms with van der Waals surface area (Å²) < 4.78 is 5.45. The molecule has 3 aromatic rings. The number of aromatic carboxylic acids is 1. The number of carboxylic acid groups (broad SMARTS) is 1. The lowest BCUT2D eigenvalue weighted by atomic mass is 9.98. The average Bonchev–Trinajstić information content (AvgIpc) is 3.12. The molecule has 3 aromatic carbocycles. The first-order valence-electron chi connectivity index (χ1n) is 10.3. The minimum atomic E-state index is -1.23. The van der Waals surface area contributed by atoms with Crippen LogP contribution in [0.4, 0.5) is 10.5 Å². The maximum absolute atomic E-state index is 12.5. The van der Waals surface area contributed by atoms with E-state index in [-0.39, 0.29) is 28.8 Å². The predicted octanol–water partition coefficient (Wildman–Crippen LogP) is 4.90. The number of carbonyl (C=O) groups excluding carboxylic acids is 2. The number of halogens is 1. The molecule has 168 valence electrons. The predicted molar refractivity (Wildman–Crippen MR) is 125 cm³/mol. The summed E-state index contributed by atoms with van der Waals surface area (Å²) in [6, 6.07) is 19.1. The Balaban J connectivity index is 1.38. The smallest absolute Gasteiger partial charge is 0.407 e. The number of rotatable bonds is 6. The maximum Gasteiger partial charge on any atom is 0.407 e. The van der Waals surface area contributed by atoms with Gasteiger partial charge in [-0.1, -0.05) is 60.1 Å². The van der Waals surface area contributed by atoms with Gasteiger partial charge in [0.1, 0.15) is 12.6 Å². The number of amides is 2. The van der Waals surface area contributed by atoms with Crippen molar-refractivity contribution < 1.29 is 24.2 Å². The first-order valence-corrected chi connectivity index (χ1v) is 10.7. The van der Waals surface area contributed by atoms with Gasteiger partial charge >= 0.3 is 12.1 Å². The molecule has 7 nitrogen and oxygen atoms in total. The topological polar surface area (TPSA) is 105 Å². The van der Waals surface area contributed by atoms with Crippen molar-refractivity contribution in [1.29, 1.82) is 0 Å². The molecule has 0 radical (unpaired) electrons. The normalized spacial score (nSPS) is 12.9. The second-order valence-electron chi connectivity index (χ2n) is 7.68. The number of carbonyl (C=O) groups is 3. The molecule has 0 aliphatic heterocycles. The van der Waals surface area contributed by atoms with Crippen LogP contribution >= 0.6 is 11.6 Å².